The summed E-state index contributed by atoms with van der Waals surface area (Å²) in [5, 5.41) is 3.43. The van der Waals surface area contributed by atoms with Crippen LogP contribution < -0.4 is 5.32 Å². The van der Waals surface area contributed by atoms with Crippen molar-refractivity contribution in [3.63, 3.8) is 0 Å². The molecule has 1 N–H and O–H groups in total. The quantitative estimate of drug-likeness (QED) is 0.772. The number of nitrogens with one attached hydrogen (secondary N) is 1. The largest absolute Gasteiger partial charge is 0.356 e. The van der Waals surface area contributed by atoms with Crippen molar-refractivity contribution >= 4 is 17.5 Å². The van der Waals surface area contributed by atoms with Crippen LogP contribution in [0.2, 0.25) is 0 Å². The second-order valence-electron chi connectivity index (χ2n) is 6.09. The summed E-state index contributed by atoms with van der Waals surface area (Å²) in [4.78, 5) is 12.0. The Balaban J connectivity index is 1.43. The molecule has 3 aliphatic rings. The smallest absolute Gasteiger partial charge is 0.223 e. The van der Waals surface area contributed by atoms with Gasteiger partial charge in [0.15, 0.2) is 0 Å². The van der Waals surface area contributed by atoms with Crippen LogP contribution in [0.25, 0.3) is 0 Å². The van der Waals surface area contributed by atoms with E-state index in [9.17, 15) is 4.79 Å². The lowest BCUT2D eigenvalue weighted by atomic mass is 9.88. The molecule has 17 heavy (non-hydrogen) atoms. The van der Waals surface area contributed by atoms with Gasteiger partial charge < -0.3 is 5.32 Å². The van der Waals surface area contributed by atoms with Gasteiger partial charge in [0.1, 0.15) is 0 Å². The lowest BCUT2D eigenvalue weighted by molar-refractivity contribution is -0.123. The summed E-state index contributed by atoms with van der Waals surface area (Å²) in [6, 6.07) is 0. The first-order chi connectivity index (χ1) is 8.27. The zero-order valence-electron chi connectivity index (χ0n) is 10.3. The molecule has 2 nitrogen and oxygen atoms in total. The maximum atomic E-state index is 12.0. The average molecular weight is 256 g/mol. The van der Waals surface area contributed by atoms with Gasteiger partial charge in [0, 0.05) is 17.8 Å². The van der Waals surface area contributed by atoms with Crippen molar-refractivity contribution in [1.29, 1.82) is 0 Å². The summed E-state index contributed by atoms with van der Waals surface area (Å²) < 4.78 is 0. The first-order valence-corrected chi connectivity index (χ1v) is 7.63. The number of hydrogen-bond donors (Lipinski definition) is 1. The van der Waals surface area contributed by atoms with Crippen molar-refractivity contribution in [3.05, 3.63) is 0 Å². The van der Waals surface area contributed by atoms with E-state index in [1.807, 2.05) is 0 Å². The van der Waals surface area contributed by atoms with Crippen molar-refractivity contribution in [2.75, 3.05) is 6.54 Å². The topological polar surface area (TPSA) is 29.1 Å². The molecule has 3 saturated carbocycles. The maximum Gasteiger partial charge on any atom is 0.223 e. The maximum absolute atomic E-state index is 12.0. The minimum absolute atomic E-state index is 0.280. The van der Waals surface area contributed by atoms with E-state index >= 15 is 0 Å². The monoisotopic (exact) mass is 255 g/mol. The summed E-state index contributed by atoms with van der Waals surface area (Å²) in [5.74, 6) is 2.64. The van der Waals surface area contributed by atoms with E-state index in [4.69, 9.17) is 11.6 Å². The third kappa shape index (κ3) is 2.33. The van der Waals surface area contributed by atoms with Gasteiger partial charge in [-0.15, -0.1) is 11.6 Å². The number of rotatable bonds is 3. The minimum Gasteiger partial charge on any atom is -0.356 e. The van der Waals surface area contributed by atoms with Crippen molar-refractivity contribution in [1.82, 2.24) is 5.32 Å². The van der Waals surface area contributed by atoms with Crippen molar-refractivity contribution in [2.24, 2.45) is 23.7 Å². The fraction of sp³-hybridized carbons (Fsp3) is 0.929. The highest BCUT2D eigenvalue weighted by atomic mass is 35.5. The number of carbonyl (C=O) groups is 1. The van der Waals surface area contributed by atoms with Crippen LogP contribution in [0.5, 0.6) is 0 Å². The molecule has 0 aromatic rings. The number of fused-ring (bicyclic) bond motifs is 1. The molecule has 3 fully saturated rings. The minimum atomic E-state index is 0.280. The van der Waals surface area contributed by atoms with Gasteiger partial charge in [-0.05, 0) is 43.4 Å². The summed E-state index contributed by atoms with van der Waals surface area (Å²) in [6.07, 6.45) is 8.74. The Morgan fingerprint density at radius 1 is 1.06 bits per heavy atom. The first-order valence-electron chi connectivity index (χ1n) is 7.19. The Hall–Kier alpha value is -0.240. The second kappa shape index (κ2) is 4.79. The van der Waals surface area contributed by atoms with Crippen LogP contribution in [-0.4, -0.2) is 17.8 Å². The first kappa shape index (κ1) is 11.8. The third-order valence-corrected chi connectivity index (χ3v) is 5.64. The zero-order chi connectivity index (χ0) is 11.8. The fourth-order valence-electron chi connectivity index (χ4n) is 3.95. The van der Waals surface area contributed by atoms with Crippen LogP contribution >= 0.6 is 11.6 Å². The van der Waals surface area contributed by atoms with E-state index < -0.39 is 0 Å². The fourth-order valence-corrected chi connectivity index (χ4v) is 4.32. The van der Waals surface area contributed by atoms with Gasteiger partial charge in [-0.3, -0.25) is 4.79 Å². The number of alkyl halides is 1. The SMILES string of the molecule is O=C(NCC1CCCCC1Cl)C1C2CCCC21. The Kier molecular flexibility index (Phi) is 3.34. The molecule has 4 unspecified atom stereocenters. The molecule has 3 rings (SSSR count). The van der Waals surface area contributed by atoms with Crippen LogP contribution in [0.3, 0.4) is 0 Å². The lowest BCUT2D eigenvalue weighted by Gasteiger charge is -2.27. The molecular formula is C14H22ClNO. The molecule has 0 bridgehead atoms. The van der Waals surface area contributed by atoms with Gasteiger partial charge >= 0.3 is 0 Å². The summed E-state index contributed by atoms with van der Waals surface area (Å²) in [7, 11) is 0. The molecule has 0 heterocycles. The molecule has 3 heteroatoms. The Morgan fingerprint density at radius 3 is 2.47 bits per heavy atom. The van der Waals surface area contributed by atoms with Crippen molar-refractivity contribution < 1.29 is 4.79 Å². The molecule has 0 radical (unpaired) electrons. The number of amides is 1. The van der Waals surface area contributed by atoms with E-state index in [2.05, 4.69) is 5.32 Å². The van der Waals surface area contributed by atoms with Gasteiger partial charge in [0.05, 0.1) is 0 Å². The highest BCUT2D eigenvalue weighted by Crippen LogP contribution is 2.57. The summed E-state index contributed by atoms with van der Waals surface area (Å²) >= 11 is 6.31. The van der Waals surface area contributed by atoms with Gasteiger partial charge in [-0.2, -0.15) is 0 Å². The second-order valence-corrected chi connectivity index (χ2v) is 6.65. The van der Waals surface area contributed by atoms with E-state index in [0.29, 0.717) is 17.7 Å². The predicted octanol–water partition coefficient (Wildman–Crippen LogP) is 2.95. The highest BCUT2D eigenvalue weighted by molar-refractivity contribution is 6.20. The molecule has 1 amide bonds. The van der Waals surface area contributed by atoms with Crippen molar-refractivity contribution in [2.45, 2.75) is 50.3 Å². The third-order valence-electron chi connectivity index (χ3n) is 5.06. The molecular weight excluding hydrogens is 234 g/mol. The molecule has 96 valence electrons. The Labute approximate surface area is 108 Å². The van der Waals surface area contributed by atoms with E-state index in [1.165, 1.54) is 38.5 Å². The predicted molar refractivity (Wildman–Crippen MR) is 68.9 cm³/mol. The van der Waals surface area contributed by atoms with Gasteiger partial charge in [0.25, 0.3) is 0 Å². The summed E-state index contributed by atoms with van der Waals surface area (Å²) in [6.45, 7) is 0.808. The van der Waals surface area contributed by atoms with Crippen molar-refractivity contribution in [3.8, 4) is 0 Å². The molecule has 4 atom stereocenters. The Morgan fingerprint density at radius 2 is 1.76 bits per heavy atom. The van der Waals surface area contributed by atoms with Gasteiger partial charge in [-0.25, -0.2) is 0 Å². The van der Waals surface area contributed by atoms with E-state index in [0.717, 1.165) is 24.8 Å². The molecule has 0 aromatic heterocycles. The highest BCUT2D eigenvalue weighted by Gasteiger charge is 2.56. The summed E-state index contributed by atoms with van der Waals surface area (Å²) in [5.41, 5.74) is 0. The standard InChI is InChI=1S/C14H22ClNO/c15-12-7-2-1-4-9(12)8-16-14(17)13-10-5-3-6-11(10)13/h9-13H,1-8H2,(H,16,17). The zero-order valence-corrected chi connectivity index (χ0v) is 11.1. The van der Waals surface area contributed by atoms with Gasteiger partial charge in [0.2, 0.25) is 5.91 Å². The molecule has 3 aliphatic carbocycles. The van der Waals surface area contributed by atoms with Crippen LogP contribution in [-0.2, 0) is 4.79 Å². The molecule has 0 aliphatic heterocycles. The van der Waals surface area contributed by atoms with E-state index in [1.54, 1.807) is 0 Å². The average Bonchev–Trinajstić information content (AvgIpc) is 2.82. The van der Waals surface area contributed by atoms with Crippen LogP contribution in [0.15, 0.2) is 0 Å². The number of hydrogen-bond acceptors (Lipinski definition) is 1. The van der Waals surface area contributed by atoms with Crippen LogP contribution in [0.4, 0.5) is 0 Å². The van der Waals surface area contributed by atoms with Crippen LogP contribution in [0, 0.1) is 23.7 Å². The molecule has 0 aromatic carbocycles. The molecule has 0 spiro atoms. The lowest BCUT2D eigenvalue weighted by Crippen LogP contribution is -2.36. The Bertz CT molecular complexity index is 297. The van der Waals surface area contributed by atoms with Crippen LogP contribution in [0.1, 0.15) is 44.9 Å². The normalized spacial score (nSPS) is 44.2. The van der Waals surface area contributed by atoms with E-state index in [-0.39, 0.29) is 5.38 Å². The number of carbonyl (C=O) groups excluding carboxylic acids is 1. The number of halogens is 1. The molecule has 0 saturated heterocycles. The van der Waals surface area contributed by atoms with Gasteiger partial charge in [-0.1, -0.05) is 19.3 Å².